The van der Waals surface area contributed by atoms with Crippen LogP contribution in [0.4, 0.5) is 5.69 Å². The fourth-order valence-corrected chi connectivity index (χ4v) is 1.31. The molecule has 1 aromatic heterocycles. The monoisotopic (exact) mass is 163 g/mol. The van der Waals surface area contributed by atoms with Crippen LogP contribution in [0.3, 0.4) is 0 Å². The summed E-state index contributed by atoms with van der Waals surface area (Å²) in [5, 5.41) is 2.72. The molecule has 1 N–H and O–H groups in total. The van der Waals surface area contributed by atoms with Gasteiger partial charge in [-0.1, -0.05) is 0 Å². The lowest BCUT2D eigenvalue weighted by Gasteiger charge is -2.12. The molecule has 0 unspecified atom stereocenters. The summed E-state index contributed by atoms with van der Waals surface area (Å²) in [6, 6.07) is 0. The van der Waals surface area contributed by atoms with Gasteiger partial charge < -0.3 is 5.32 Å². The van der Waals surface area contributed by atoms with E-state index in [1.165, 1.54) is 6.33 Å². The molecule has 0 atom stereocenters. The van der Waals surface area contributed by atoms with E-state index in [0.29, 0.717) is 0 Å². The average molecular weight is 163 g/mol. The van der Waals surface area contributed by atoms with Gasteiger partial charge in [-0.15, -0.1) is 0 Å². The van der Waals surface area contributed by atoms with Crippen molar-refractivity contribution in [1.29, 1.82) is 0 Å². The Labute approximate surface area is 70.0 Å². The number of carbonyl (C=O) groups excluding carboxylic acids is 1. The van der Waals surface area contributed by atoms with Gasteiger partial charge in [-0.2, -0.15) is 0 Å². The molecule has 0 saturated carbocycles. The Morgan fingerprint density at radius 3 is 2.92 bits per heavy atom. The van der Waals surface area contributed by atoms with Crippen LogP contribution in [0, 0.1) is 0 Å². The van der Waals surface area contributed by atoms with Crippen LogP contribution in [-0.2, 0) is 10.2 Å². The number of hydrogen-bond acceptors (Lipinski definition) is 3. The van der Waals surface area contributed by atoms with Crippen LogP contribution in [-0.4, -0.2) is 15.9 Å². The smallest absolute Gasteiger partial charge is 0.236 e. The van der Waals surface area contributed by atoms with Gasteiger partial charge in [-0.3, -0.25) is 4.79 Å². The molecule has 0 aromatic carbocycles. The molecule has 0 spiro atoms. The van der Waals surface area contributed by atoms with Gasteiger partial charge in [0.2, 0.25) is 5.91 Å². The predicted octanol–water partition coefficient (Wildman–Crippen LogP) is 0.706. The SMILES string of the molecule is CC1(C)C(=O)Nc2cncnc21. The molecule has 2 heterocycles. The zero-order chi connectivity index (χ0) is 8.77. The zero-order valence-electron chi connectivity index (χ0n) is 6.96. The molecule has 4 heteroatoms. The maximum absolute atomic E-state index is 11.4. The highest BCUT2D eigenvalue weighted by molar-refractivity contribution is 6.04. The van der Waals surface area contributed by atoms with Crippen molar-refractivity contribution in [3.63, 3.8) is 0 Å². The van der Waals surface area contributed by atoms with Crippen LogP contribution in [0.15, 0.2) is 12.5 Å². The molecule has 1 aliphatic heterocycles. The zero-order valence-corrected chi connectivity index (χ0v) is 6.96. The Morgan fingerprint density at radius 2 is 2.25 bits per heavy atom. The summed E-state index contributed by atoms with van der Waals surface area (Å²) in [6.07, 6.45) is 3.08. The minimum atomic E-state index is -0.516. The van der Waals surface area contributed by atoms with Crippen LogP contribution < -0.4 is 5.32 Å². The number of aromatic nitrogens is 2. The number of carbonyl (C=O) groups is 1. The first-order valence-corrected chi connectivity index (χ1v) is 3.74. The number of nitrogens with zero attached hydrogens (tertiary/aromatic N) is 2. The van der Waals surface area contributed by atoms with Crippen molar-refractivity contribution in [2.24, 2.45) is 0 Å². The van der Waals surface area contributed by atoms with Crippen molar-refractivity contribution >= 4 is 11.6 Å². The molecule has 4 nitrogen and oxygen atoms in total. The van der Waals surface area contributed by atoms with Gasteiger partial charge in [0.15, 0.2) is 0 Å². The lowest BCUT2D eigenvalue weighted by molar-refractivity contribution is -0.119. The first-order valence-electron chi connectivity index (χ1n) is 3.74. The summed E-state index contributed by atoms with van der Waals surface area (Å²) in [5.74, 6) is -0.0157. The molecule has 1 amide bonds. The standard InChI is InChI=1S/C8H9N3O/c1-8(2)6-5(11-7(8)12)3-9-4-10-6/h3-4H,1-2H3,(H,11,12). The Hall–Kier alpha value is -1.45. The fourth-order valence-electron chi connectivity index (χ4n) is 1.31. The topological polar surface area (TPSA) is 54.9 Å². The molecular weight excluding hydrogens is 154 g/mol. The van der Waals surface area contributed by atoms with E-state index in [1.807, 2.05) is 13.8 Å². The molecule has 1 aromatic rings. The van der Waals surface area contributed by atoms with Crippen molar-refractivity contribution in [3.05, 3.63) is 18.2 Å². The molecule has 1 aliphatic rings. The second-order valence-corrected chi connectivity index (χ2v) is 3.36. The molecule has 0 aliphatic carbocycles. The van der Waals surface area contributed by atoms with Crippen LogP contribution in [0.25, 0.3) is 0 Å². The fraction of sp³-hybridized carbons (Fsp3) is 0.375. The van der Waals surface area contributed by atoms with Crippen molar-refractivity contribution < 1.29 is 4.79 Å². The Bertz CT molecular complexity index is 346. The van der Waals surface area contributed by atoms with E-state index in [2.05, 4.69) is 15.3 Å². The van der Waals surface area contributed by atoms with E-state index in [0.717, 1.165) is 11.4 Å². The van der Waals surface area contributed by atoms with Gasteiger partial charge in [-0.05, 0) is 13.8 Å². The molecule has 0 radical (unpaired) electrons. The molecular formula is C8H9N3O. The minimum absolute atomic E-state index is 0.0157. The highest BCUT2D eigenvalue weighted by Crippen LogP contribution is 2.34. The number of nitrogens with one attached hydrogen (secondary N) is 1. The van der Waals surface area contributed by atoms with Crippen LogP contribution in [0.1, 0.15) is 19.5 Å². The van der Waals surface area contributed by atoms with E-state index in [4.69, 9.17) is 0 Å². The van der Waals surface area contributed by atoms with Crippen molar-refractivity contribution in [3.8, 4) is 0 Å². The molecule has 0 bridgehead atoms. The summed E-state index contributed by atoms with van der Waals surface area (Å²) in [5.41, 5.74) is 0.994. The van der Waals surface area contributed by atoms with Crippen molar-refractivity contribution in [1.82, 2.24) is 9.97 Å². The van der Waals surface area contributed by atoms with Gasteiger partial charge in [-0.25, -0.2) is 9.97 Å². The second kappa shape index (κ2) is 2.03. The van der Waals surface area contributed by atoms with E-state index < -0.39 is 5.41 Å². The van der Waals surface area contributed by atoms with Crippen molar-refractivity contribution in [2.75, 3.05) is 5.32 Å². The van der Waals surface area contributed by atoms with E-state index in [1.54, 1.807) is 6.20 Å². The summed E-state index contributed by atoms with van der Waals surface area (Å²) < 4.78 is 0. The maximum Gasteiger partial charge on any atom is 0.236 e. The molecule has 12 heavy (non-hydrogen) atoms. The lowest BCUT2D eigenvalue weighted by atomic mass is 9.91. The molecule has 0 saturated heterocycles. The van der Waals surface area contributed by atoms with Gasteiger partial charge in [0.25, 0.3) is 0 Å². The minimum Gasteiger partial charge on any atom is -0.322 e. The highest BCUT2D eigenvalue weighted by Gasteiger charge is 2.39. The lowest BCUT2D eigenvalue weighted by Crippen LogP contribution is -2.27. The van der Waals surface area contributed by atoms with E-state index in [9.17, 15) is 4.79 Å². The second-order valence-electron chi connectivity index (χ2n) is 3.36. The van der Waals surface area contributed by atoms with Gasteiger partial charge >= 0.3 is 0 Å². The largest absolute Gasteiger partial charge is 0.322 e. The first kappa shape index (κ1) is 7.21. The Morgan fingerprint density at radius 1 is 1.50 bits per heavy atom. The summed E-state index contributed by atoms with van der Waals surface area (Å²) in [4.78, 5) is 19.3. The van der Waals surface area contributed by atoms with Crippen molar-refractivity contribution in [2.45, 2.75) is 19.3 Å². The number of hydrogen-bond donors (Lipinski definition) is 1. The van der Waals surface area contributed by atoms with Gasteiger partial charge in [0.1, 0.15) is 6.33 Å². The Kier molecular flexibility index (Phi) is 1.22. The average Bonchev–Trinajstić information content (AvgIpc) is 2.25. The summed E-state index contributed by atoms with van der Waals surface area (Å²) >= 11 is 0. The first-order chi connectivity index (χ1) is 5.62. The number of rotatable bonds is 0. The third kappa shape index (κ3) is 0.747. The quantitative estimate of drug-likeness (QED) is 0.612. The summed E-state index contributed by atoms with van der Waals surface area (Å²) in [6.45, 7) is 3.70. The van der Waals surface area contributed by atoms with Gasteiger partial charge in [0, 0.05) is 0 Å². The number of fused-ring (bicyclic) bond motifs is 1. The Balaban J connectivity index is 2.63. The maximum atomic E-state index is 11.4. The molecule has 2 rings (SSSR count). The molecule has 0 fully saturated rings. The van der Waals surface area contributed by atoms with Crippen LogP contribution in [0.5, 0.6) is 0 Å². The van der Waals surface area contributed by atoms with E-state index >= 15 is 0 Å². The normalized spacial score (nSPS) is 18.7. The van der Waals surface area contributed by atoms with Crippen LogP contribution >= 0.6 is 0 Å². The number of anilines is 1. The molecule has 62 valence electrons. The number of amides is 1. The third-order valence-electron chi connectivity index (χ3n) is 2.12. The van der Waals surface area contributed by atoms with E-state index in [-0.39, 0.29) is 5.91 Å². The van der Waals surface area contributed by atoms with Crippen LogP contribution in [0.2, 0.25) is 0 Å². The predicted molar refractivity (Wildman–Crippen MR) is 43.7 cm³/mol. The summed E-state index contributed by atoms with van der Waals surface area (Å²) in [7, 11) is 0. The van der Waals surface area contributed by atoms with Gasteiger partial charge in [0.05, 0.1) is 23.0 Å². The highest BCUT2D eigenvalue weighted by atomic mass is 16.2. The third-order valence-corrected chi connectivity index (χ3v) is 2.12.